The zero-order chi connectivity index (χ0) is 16.6. The van der Waals surface area contributed by atoms with Crippen LogP contribution in [0.4, 0.5) is 0 Å². The topological polar surface area (TPSA) is 44.8 Å². The van der Waals surface area contributed by atoms with Crippen LogP contribution in [0.3, 0.4) is 0 Å². The summed E-state index contributed by atoms with van der Waals surface area (Å²) in [5.41, 5.74) is -0.191. The normalized spacial score (nSPS) is 40.9. The molecule has 0 aromatic rings. The van der Waals surface area contributed by atoms with Gasteiger partial charge in [0.25, 0.3) is 0 Å². The number of carbonyl (C=O) groups is 1. The van der Waals surface area contributed by atoms with Crippen LogP contribution < -0.4 is 0 Å². The van der Waals surface area contributed by atoms with Gasteiger partial charge in [0.2, 0.25) is 0 Å². The summed E-state index contributed by atoms with van der Waals surface area (Å²) in [5.74, 6) is 3.01. The van der Waals surface area contributed by atoms with Gasteiger partial charge in [-0.25, -0.2) is 9.78 Å². The van der Waals surface area contributed by atoms with Crippen LogP contribution in [0.25, 0.3) is 0 Å². The smallest absolute Gasteiger partial charge is 0.309 e. The Morgan fingerprint density at radius 3 is 2.70 bits per heavy atom. The third-order valence-electron chi connectivity index (χ3n) is 7.16. The fourth-order valence-corrected chi connectivity index (χ4v) is 5.65. The van der Waals surface area contributed by atoms with E-state index in [0.717, 1.165) is 30.6 Å². The molecule has 0 saturated heterocycles. The van der Waals surface area contributed by atoms with E-state index in [9.17, 15) is 4.79 Å². The molecule has 0 aromatic heterocycles. The predicted octanol–water partition coefficient (Wildman–Crippen LogP) is 3.98. The second-order valence-corrected chi connectivity index (χ2v) is 8.12. The Balaban J connectivity index is 1.65. The quantitative estimate of drug-likeness (QED) is 0.403. The van der Waals surface area contributed by atoms with Gasteiger partial charge in [-0.3, -0.25) is 4.79 Å². The van der Waals surface area contributed by atoms with Crippen molar-refractivity contribution in [1.82, 2.24) is 0 Å². The van der Waals surface area contributed by atoms with Crippen LogP contribution in [-0.2, 0) is 19.3 Å². The average Bonchev–Trinajstić information content (AvgIpc) is 3.23. The van der Waals surface area contributed by atoms with Gasteiger partial charge in [0, 0.05) is 5.92 Å². The van der Waals surface area contributed by atoms with Crippen molar-refractivity contribution in [3.05, 3.63) is 0 Å². The van der Waals surface area contributed by atoms with Crippen LogP contribution >= 0.6 is 0 Å². The zero-order valence-electron chi connectivity index (χ0n) is 15.0. The Morgan fingerprint density at radius 1 is 1.26 bits per heavy atom. The lowest BCUT2D eigenvalue weighted by molar-refractivity contribution is -0.281. The minimum absolute atomic E-state index is 0.0545. The Morgan fingerprint density at radius 2 is 2.00 bits per heavy atom. The summed E-state index contributed by atoms with van der Waals surface area (Å²) in [5, 5.41) is 0. The lowest BCUT2D eigenvalue weighted by Crippen LogP contribution is -2.46. The Bertz CT molecular complexity index is 437. The van der Waals surface area contributed by atoms with Crippen molar-refractivity contribution in [3.63, 3.8) is 0 Å². The van der Waals surface area contributed by atoms with E-state index < -0.39 is 0 Å². The van der Waals surface area contributed by atoms with Crippen molar-refractivity contribution >= 4 is 5.97 Å². The van der Waals surface area contributed by atoms with Crippen molar-refractivity contribution < 1.29 is 19.3 Å². The van der Waals surface area contributed by atoms with Crippen molar-refractivity contribution in [2.75, 3.05) is 13.7 Å². The molecule has 7 atom stereocenters. The number of rotatable bonds is 7. The maximum absolute atomic E-state index is 12.7. The molecule has 7 unspecified atom stereocenters. The second-order valence-electron chi connectivity index (χ2n) is 8.12. The molecular formula is C19H32O4. The van der Waals surface area contributed by atoms with E-state index in [0.29, 0.717) is 12.5 Å². The summed E-state index contributed by atoms with van der Waals surface area (Å²) in [6, 6.07) is 0. The Kier molecular flexibility index (Phi) is 5.03. The molecule has 3 rings (SSSR count). The second kappa shape index (κ2) is 6.72. The van der Waals surface area contributed by atoms with Crippen LogP contribution in [0.2, 0.25) is 0 Å². The molecule has 0 aliphatic heterocycles. The van der Waals surface area contributed by atoms with Crippen molar-refractivity contribution in [2.24, 2.45) is 35.5 Å². The lowest BCUT2D eigenvalue weighted by atomic mass is 9.71. The molecule has 4 nitrogen and oxygen atoms in total. The molecule has 0 radical (unpaired) electrons. The third kappa shape index (κ3) is 2.93. The first-order valence-electron chi connectivity index (χ1n) is 9.41. The maximum Gasteiger partial charge on any atom is 0.309 e. The highest BCUT2D eigenvalue weighted by Gasteiger charge is 2.62. The first kappa shape index (κ1) is 17.2. The van der Waals surface area contributed by atoms with Crippen LogP contribution in [-0.4, -0.2) is 25.3 Å². The highest BCUT2D eigenvalue weighted by molar-refractivity contribution is 5.73. The molecule has 3 saturated carbocycles. The summed E-state index contributed by atoms with van der Waals surface area (Å²) in [6.07, 6.45) is 7.46. The van der Waals surface area contributed by atoms with Gasteiger partial charge in [-0.05, 0) is 55.8 Å². The van der Waals surface area contributed by atoms with E-state index >= 15 is 0 Å². The van der Waals surface area contributed by atoms with E-state index in [-0.39, 0.29) is 23.4 Å². The Hall–Kier alpha value is -0.610. The van der Waals surface area contributed by atoms with Gasteiger partial charge in [-0.15, -0.1) is 0 Å². The van der Waals surface area contributed by atoms with Gasteiger partial charge < -0.3 is 4.74 Å². The van der Waals surface area contributed by atoms with Gasteiger partial charge in [0.15, 0.2) is 0 Å². The maximum atomic E-state index is 12.7. The molecule has 0 amide bonds. The number of hydrogen-bond donors (Lipinski definition) is 0. The van der Waals surface area contributed by atoms with Gasteiger partial charge in [0.05, 0.1) is 19.6 Å². The molecule has 0 spiro atoms. The third-order valence-corrected chi connectivity index (χ3v) is 7.16. The summed E-state index contributed by atoms with van der Waals surface area (Å²) < 4.78 is 6.22. The van der Waals surface area contributed by atoms with Gasteiger partial charge in [0.1, 0.15) is 5.60 Å². The highest BCUT2D eigenvalue weighted by atomic mass is 17.2. The molecular weight excluding hydrogens is 292 g/mol. The summed E-state index contributed by atoms with van der Waals surface area (Å²) in [6.45, 7) is 6.57. The number of hydrogen-bond acceptors (Lipinski definition) is 4. The Labute approximate surface area is 140 Å². The molecule has 4 heteroatoms. The largest absolute Gasteiger partial charge is 0.459 e. The number of carbonyl (C=O) groups excluding carboxylic acids is 1. The van der Waals surface area contributed by atoms with E-state index in [1.807, 2.05) is 13.8 Å². The molecule has 132 valence electrons. The molecule has 3 fully saturated rings. The SMILES string of the molecule is CCC1(OC(=O)C(C)C(C)COOC)CC2CC1C1CCCC21. The molecule has 3 aliphatic carbocycles. The van der Waals surface area contributed by atoms with Crippen molar-refractivity contribution in [3.8, 4) is 0 Å². The number of fused-ring (bicyclic) bond motifs is 5. The van der Waals surface area contributed by atoms with Crippen molar-refractivity contribution in [1.29, 1.82) is 0 Å². The average molecular weight is 324 g/mol. The minimum atomic E-state index is -0.191. The van der Waals surface area contributed by atoms with Crippen molar-refractivity contribution in [2.45, 2.75) is 64.9 Å². The number of ether oxygens (including phenoxy) is 1. The fourth-order valence-electron chi connectivity index (χ4n) is 5.65. The van der Waals surface area contributed by atoms with Crippen LogP contribution in [0.5, 0.6) is 0 Å². The predicted molar refractivity (Wildman–Crippen MR) is 87.4 cm³/mol. The first-order valence-corrected chi connectivity index (χ1v) is 9.41. The van der Waals surface area contributed by atoms with E-state index in [1.54, 1.807) is 0 Å². The van der Waals surface area contributed by atoms with Crippen LogP contribution in [0, 0.1) is 35.5 Å². The lowest BCUT2D eigenvalue weighted by Gasteiger charge is -2.42. The van der Waals surface area contributed by atoms with Crippen LogP contribution in [0.15, 0.2) is 0 Å². The van der Waals surface area contributed by atoms with E-state index in [4.69, 9.17) is 9.62 Å². The van der Waals surface area contributed by atoms with Gasteiger partial charge in [-0.2, -0.15) is 0 Å². The molecule has 2 bridgehead atoms. The summed E-state index contributed by atoms with van der Waals surface area (Å²) in [4.78, 5) is 22.4. The summed E-state index contributed by atoms with van der Waals surface area (Å²) >= 11 is 0. The molecule has 3 aliphatic rings. The fraction of sp³-hybridized carbons (Fsp3) is 0.947. The van der Waals surface area contributed by atoms with Gasteiger partial charge in [-0.1, -0.05) is 27.2 Å². The minimum Gasteiger partial charge on any atom is -0.459 e. The van der Waals surface area contributed by atoms with E-state index in [2.05, 4.69) is 11.8 Å². The standard InChI is InChI=1S/C19H32O4/c1-5-19(23-18(20)13(3)12(2)11-22-21-4)10-14-9-17(19)16-8-6-7-15(14)16/h12-17H,5-11H2,1-4H3. The monoisotopic (exact) mass is 324 g/mol. The molecule has 0 aromatic carbocycles. The molecule has 23 heavy (non-hydrogen) atoms. The molecule has 0 N–H and O–H groups in total. The molecule has 0 heterocycles. The summed E-state index contributed by atoms with van der Waals surface area (Å²) in [7, 11) is 1.50. The highest BCUT2D eigenvalue weighted by Crippen LogP contribution is 2.64. The van der Waals surface area contributed by atoms with E-state index in [1.165, 1.54) is 32.8 Å². The zero-order valence-corrected chi connectivity index (χ0v) is 15.0. The van der Waals surface area contributed by atoms with Crippen LogP contribution in [0.1, 0.15) is 59.3 Å². The number of esters is 1. The first-order chi connectivity index (χ1) is 11.0. The van der Waals surface area contributed by atoms with Gasteiger partial charge >= 0.3 is 5.97 Å².